The van der Waals surface area contributed by atoms with Crippen molar-refractivity contribution in [1.82, 2.24) is 4.31 Å². The van der Waals surface area contributed by atoms with Gasteiger partial charge in [0.25, 0.3) is 0 Å². The third-order valence-corrected chi connectivity index (χ3v) is 6.90. The molecule has 0 radical (unpaired) electrons. The van der Waals surface area contributed by atoms with Crippen molar-refractivity contribution in [2.45, 2.75) is 43.4 Å². The second kappa shape index (κ2) is 8.61. The zero-order valence-electron chi connectivity index (χ0n) is 15.7. The summed E-state index contributed by atoms with van der Waals surface area (Å²) in [6.07, 6.45) is 4.15. The summed E-state index contributed by atoms with van der Waals surface area (Å²) in [4.78, 5) is 10.4. The van der Waals surface area contributed by atoms with E-state index in [9.17, 15) is 18.5 Å². The molecular weight excluding hydrogens is 443 g/mol. The molecule has 0 spiro atoms. The summed E-state index contributed by atoms with van der Waals surface area (Å²) < 4.78 is 38.6. The van der Waals surface area contributed by atoms with Gasteiger partial charge in [-0.25, -0.2) is 8.42 Å². The molecule has 0 N–H and O–H groups in total. The Bertz CT molecular complexity index is 946. The van der Waals surface area contributed by atoms with Crippen LogP contribution in [0, 0.1) is 10.1 Å². The zero-order valence-corrected chi connectivity index (χ0v) is 18.1. The van der Waals surface area contributed by atoms with Crippen molar-refractivity contribution in [3.8, 4) is 5.75 Å². The first-order valence-electron chi connectivity index (χ1n) is 8.92. The molecule has 0 saturated carbocycles. The molecule has 1 aromatic rings. The van der Waals surface area contributed by atoms with E-state index in [1.807, 2.05) is 13.8 Å². The minimum Gasteiger partial charge on any atom is -0.455 e. The topological polar surface area (TPSA) is 99.0 Å². The second-order valence-corrected chi connectivity index (χ2v) is 9.70. The zero-order chi connectivity index (χ0) is 21.3. The minimum absolute atomic E-state index is 0.0242. The molecule has 0 amide bonds. The van der Waals surface area contributed by atoms with E-state index in [2.05, 4.69) is 0 Å². The van der Waals surface area contributed by atoms with Crippen LogP contribution in [-0.2, 0) is 14.8 Å². The number of hydrogen-bond donors (Lipinski definition) is 0. The van der Waals surface area contributed by atoms with Crippen molar-refractivity contribution in [3.05, 3.63) is 56.3 Å². The normalized spacial score (nSPS) is 25.5. The van der Waals surface area contributed by atoms with Gasteiger partial charge in [-0.2, -0.15) is 4.31 Å². The number of sulfonamides is 1. The van der Waals surface area contributed by atoms with Crippen LogP contribution in [0.5, 0.6) is 5.75 Å². The third kappa shape index (κ3) is 4.92. The lowest BCUT2D eigenvalue weighted by atomic mass is 10.1. The molecule has 11 heteroatoms. The molecule has 3 rings (SSSR count). The van der Waals surface area contributed by atoms with Crippen LogP contribution in [0.15, 0.2) is 41.0 Å². The predicted octanol–water partition coefficient (Wildman–Crippen LogP) is 3.66. The van der Waals surface area contributed by atoms with Crippen LogP contribution in [0.3, 0.4) is 0 Å². The molecule has 1 aliphatic carbocycles. The third-order valence-electron chi connectivity index (χ3n) is 4.53. The maximum absolute atomic E-state index is 13.0. The van der Waals surface area contributed by atoms with Gasteiger partial charge >= 0.3 is 0 Å². The molecule has 2 aliphatic rings. The Kier molecular flexibility index (Phi) is 6.54. The van der Waals surface area contributed by atoms with E-state index in [0.717, 1.165) is 0 Å². The van der Waals surface area contributed by atoms with Gasteiger partial charge in [-0.1, -0.05) is 23.2 Å². The van der Waals surface area contributed by atoms with Gasteiger partial charge in [0.15, 0.2) is 5.75 Å². The Morgan fingerprint density at radius 2 is 1.79 bits per heavy atom. The van der Waals surface area contributed by atoms with Crippen molar-refractivity contribution in [2.75, 3.05) is 13.1 Å². The van der Waals surface area contributed by atoms with Crippen LogP contribution in [-0.4, -0.2) is 49.0 Å². The first kappa shape index (κ1) is 22.0. The number of ether oxygens (including phenoxy) is 2. The van der Waals surface area contributed by atoms with Gasteiger partial charge in [0.05, 0.1) is 27.1 Å². The van der Waals surface area contributed by atoms with Gasteiger partial charge in [0, 0.05) is 24.4 Å². The van der Waals surface area contributed by atoms with Gasteiger partial charge in [0.1, 0.15) is 5.76 Å². The van der Waals surface area contributed by atoms with E-state index in [1.54, 1.807) is 6.08 Å². The van der Waals surface area contributed by atoms with Gasteiger partial charge in [-0.3, -0.25) is 10.1 Å². The lowest BCUT2D eigenvalue weighted by Gasteiger charge is -2.34. The first-order chi connectivity index (χ1) is 13.6. The van der Waals surface area contributed by atoms with Crippen molar-refractivity contribution >= 4 is 33.2 Å². The molecule has 3 atom stereocenters. The smallest absolute Gasteiger partial charge is 0.243 e. The molecule has 0 bridgehead atoms. The number of nitro groups is 1. The Hall–Kier alpha value is -1.65. The van der Waals surface area contributed by atoms with Gasteiger partial charge in [-0.15, -0.1) is 0 Å². The van der Waals surface area contributed by atoms with Crippen molar-refractivity contribution < 1.29 is 22.8 Å². The van der Waals surface area contributed by atoms with Crippen LogP contribution >= 0.6 is 23.2 Å². The van der Waals surface area contributed by atoms with E-state index in [0.29, 0.717) is 5.76 Å². The van der Waals surface area contributed by atoms with Gasteiger partial charge in [-0.05, 0) is 44.2 Å². The lowest BCUT2D eigenvalue weighted by Crippen LogP contribution is -2.48. The number of benzene rings is 1. The fourth-order valence-corrected chi connectivity index (χ4v) is 5.54. The maximum Gasteiger partial charge on any atom is 0.243 e. The monoisotopic (exact) mass is 462 g/mol. The summed E-state index contributed by atoms with van der Waals surface area (Å²) in [7, 11) is -3.81. The fraction of sp³-hybridized carbons (Fsp3) is 0.444. The minimum atomic E-state index is -3.81. The van der Waals surface area contributed by atoms with Crippen LogP contribution in [0.2, 0.25) is 10.0 Å². The lowest BCUT2D eigenvalue weighted by molar-refractivity contribution is -0.508. The van der Waals surface area contributed by atoms with E-state index in [-0.39, 0.29) is 52.4 Å². The molecule has 1 saturated heterocycles. The number of nitrogens with zero attached hydrogens (tertiary/aromatic N) is 2. The standard InChI is InChI=1S/C18H20Cl2N2O6S/c1-11-9-21(10-12(2)27-11)29(25,26)15-7-16(19)18(17(20)8-15)28-14-5-3-13(4-6-14)22(23)24/h3,5-8,11-13H,4,9-10H2,1-2H3. The average molecular weight is 463 g/mol. The Morgan fingerprint density at radius 3 is 2.28 bits per heavy atom. The summed E-state index contributed by atoms with van der Waals surface area (Å²) in [6, 6.07) is 1.77. The number of rotatable bonds is 5. The Morgan fingerprint density at radius 1 is 1.21 bits per heavy atom. The summed E-state index contributed by atoms with van der Waals surface area (Å²) in [5, 5.41) is 10.9. The molecule has 3 unspecified atom stereocenters. The van der Waals surface area contributed by atoms with E-state index < -0.39 is 21.0 Å². The van der Waals surface area contributed by atoms with Crippen molar-refractivity contribution in [2.24, 2.45) is 0 Å². The largest absolute Gasteiger partial charge is 0.455 e. The Balaban J connectivity index is 1.83. The molecule has 29 heavy (non-hydrogen) atoms. The highest BCUT2D eigenvalue weighted by Gasteiger charge is 2.33. The summed E-state index contributed by atoms with van der Waals surface area (Å²) in [5.74, 6) is 0.435. The fourth-order valence-electron chi connectivity index (χ4n) is 3.20. The van der Waals surface area contributed by atoms with Gasteiger partial charge < -0.3 is 9.47 Å². The first-order valence-corrected chi connectivity index (χ1v) is 11.1. The van der Waals surface area contributed by atoms with E-state index in [4.69, 9.17) is 32.7 Å². The highest BCUT2D eigenvalue weighted by Crippen LogP contribution is 2.38. The molecule has 8 nitrogen and oxygen atoms in total. The molecule has 1 aliphatic heterocycles. The van der Waals surface area contributed by atoms with Crippen molar-refractivity contribution in [1.29, 1.82) is 0 Å². The molecule has 0 aromatic heterocycles. The van der Waals surface area contributed by atoms with Crippen LogP contribution in [0.25, 0.3) is 0 Å². The molecule has 1 aromatic carbocycles. The summed E-state index contributed by atoms with van der Waals surface area (Å²) in [5.41, 5.74) is 0. The number of halogens is 2. The molecule has 158 valence electrons. The summed E-state index contributed by atoms with van der Waals surface area (Å²) in [6.45, 7) is 4.08. The maximum atomic E-state index is 13.0. The van der Waals surface area contributed by atoms with E-state index in [1.165, 1.54) is 28.6 Å². The molecule has 1 fully saturated rings. The van der Waals surface area contributed by atoms with Crippen LogP contribution in [0.4, 0.5) is 0 Å². The number of allylic oxidation sites excluding steroid dienone is 1. The number of hydrogen-bond acceptors (Lipinski definition) is 6. The second-order valence-electron chi connectivity index (χ2n) is 6.95. The quantitative estimate of drug-likeness (QED) is 0.488. The molecular formula is C18H20Cl2N2O6S. The number of morpholine rings is 1. The van der Waals surface area contributed by atoms with E-state index >= 15 is 0 Å². The van der Waals surface area contributed by atoms with Crippen LogP contribution < -0.4 is 4.74 Å². The molecule has 1 heterocycles. The average Bonchev–Trinajstić information content (AvgIpc) is 2.64. The SMILES string of the molecule is CC1CN(S(=O)(=O)c2cc(Cl)c(OC3=CCC([N+](=O)[O-])C=C3)c(Cl)c2)CC(C)O1. The highest BCUT2D eigenvalue weighted by atomic mass is 35.5. The van der Waals surface area contributed by atoms with Crippen molar-refractivity contribution in [3.63, 3.8) is 0 Å². The predicted molar refractivity (Wildman–Crippen MR) is 108 cm³/mol. The van der Waals surface area contributed by atoms with Crippen LogP contribution in [0.1, 0.15) is 20.3 Å². The highest BCUT2D eigenvalue weighted by molar-refractivity contribution is 7.89. The Labute approximate surface area is 178 Å². The van der Waals surface area contributed by atoms with Gasteiger partial charge in [0.2, 0.25) is 16.1 Å². The summed E-state index contributed by atoms with van der Waals surface area (Å²) >= 11 is 12.5.